The standard InChI is InChI=1S/C28H34ClFN8O/c1-17(31)4-2-5-19-12-22(25(30)23(29)13-19)24-14-20-16-38(28(39)37-26(20)36-24)21-8-6-18(7-9-21)15-34-10-3-11-35-27(32)33/h6-9,12-14,16-17,34H,2-5,10-11,15,31H2,1H3,(H4,32,33,35)(H,36,37,39). The number of nitrogens with one attached hydrogen (secondary N) is 2. The molecule has 0 radical (unpaired) electrons. The first-order valence-corrected chi connectivity index (χ1v) is 13.3. The lowest BCUT2D eigenvalue weighted by atomic mass is 10.0. The Morgan fingerprint density at radius 3 is 2.67 bits per heavy atom. The monoisotopic (exact) mass is 552 g/mol. The van der Waals surface area contributed by atoms with Crippen molar-refractivity contribution >= 4 is 28.6 Å². The molecule has 8 N–H and O–H groups in total. The molecule has 39 heavy (non-hydrogen) atoms. The van der Waals surface area contributed by atoms with Crippen LogP contribution in [-0.2, 0) is 13.0 Å². The number of aryl methyl sites for hydroxylation is 1. The van der Waals surface area contributed by atoms with Crippen LogP contribution < -0.4 is 28.2 Å². The second-order valence-corrected chi connectivity index (χ2v) is 10.1. The summed E-state index contributed by atoms with van der Waals surface area (Å²) in [6.45, 7) is 3.99. The van der Waals surface area contributed by atoms with Crippen molar-refractivity contribution < 1.29 is 4.39 Å². The van der Waals surface area contributed by atoms with Gasteiger partial charge in [0.05, 0.1) is 16.4 Å². The Labute approximate surface area is 231 Å². The Hall–Kier alpha value is -3.73. The van der Waals surface area contributed by atoms with E-state index in [2.05, 4.69) is 20.3 Å². The number of H-pyrrole nitrogens is 1. The van der Waals surface area contributed by atoms with Crippen LogP contribution in [-0.4, -0.2) is 39.6 Å². The number of hydrogen-bond acceptors (Lipinski definition) is 5. The Balaban J connectivity index is 1.51. The van der Waals surface area contributed by atoms with Crippen molar-refractivity contribution in [3.05, 3.63) is 81.1 Å². The largest absolute Gasteiger partial charge is 0.370 e. The highest BCUT2D eigenvalue weighted by atomic mass is 35.5. The van der Waals surface area contributed by atoms with Crippen molar-refractivity contribution in [2.24, 2.45) is 22.2 Å². The van der Waals surface area contributed by atoms with Gasteiger partial charge in [0.15, 0.2) is 11.8 Å². The first kappa shape index (κ1) is 28.3. The topological polar surface area (TPSA) is 153 Å². The first-order valence-electron chi connectivity index (χ1n) is 12.9. The predicted octanol–water partition coefficient (Wildman–Crippen LogP) is 3.60. The molecule has 0 fully saturated rings. The fourth-order valence-electron chi connectivity index (χ4n) is 4.36. The highest BCUT2D eigenvalue weighted by Crippen LogP contribution is 2.31. The van der Waals surface area contributed by atoms with Crippen LogP contribution in [0.1, 0.15) is 37.3 Å². The Kier molecular flexibility index (Phi) is 9.34. The molecule has 9 nitrogen and oxygen atoms in total. The number of halogens is 2. The summed E-state index contributed by atoms with van der Waals surface area (Å²) < 4.78 is 16.5. The normalized spacial score (nSPS) is 12.1. The van der Waals surface area contributed by atoms with Crippen molar-refractivity contribution in [1.82, 2.24) is 19.9 Å². The molecule has 0 spiro atoms. The third-order valence-corrected chi connectivity index (χ3v) is 6.64. The number of aromatic nitrogens is 3. The van der Waals surface area contributed by atoms with Crippen LogP contribution in [0.3, 0.4) is 0 Å². The van der Waals surface area contributed by atoms with Crippen LogP contribution in [0, 0.1) is 5.82 Å². The van der Waals surface area contributed by atoms with Gasteiger partial charge in [0, 0.05) is 36.3 Å². The lowest BCUT2D eigenvalue weighted by molar-refractivity contribution is 0.618. The number of benzene rings is 2. The van der Waals surface area contributed by atoms with E-state index in [0.717, 1.165) is 43.4 Å². The quantitative estimate of drug-likeness (QED) is 0.103. The Bertz CT molecular complexity index is 1510. The minimum atomic E-state index is -0.519. The number of nitrogens with two attached hydrogens (primary N) is 3. The van der Waals surface area contributed by atoms with Crippen molar-refractivity contribution in [3.8, 4) is 16.9 Å². The minimum Gasteiger partial charge on any atom is -0.370 e. The van der Waals surface area contributed by atoms with Gasteiger partial charge in [-0.05, 0) is 80.6 Å². The molecule has 0 saturated heterocycles. The van der Waals surface area contributed by atoms with E-state index in [1.54, 1.807) is 24.4 Å². The number of rotatable bonds is 12. The van der Waals surface area contributed by atoms with Gasteiger partial charge in [-0.25, -0.2) is 9.18 Å². The molecule has 11 heteroatoms. The summed E-state index contributed by atoms with van der Waals surface area (Å²) in [5.41, 5.74) is 19.9. The molecule has 206 valence electrons. The van der Waals surface area contributed by atoms with Crippen molar-refractivity contribution in [2.45, 2.75) is 45.2 Å². The van der Waals surface area contributed by atoms with Crippen molar-refractivity contribution in [2.75, 3.05) is 13.1 Å². The molecule has 4 rings (SSSR count). The van der Waals surface area contributed by atoms with Gasteiger partial charge >= 0.3 is 5.69 Å². The van der Waals surface area contributed by atoms with Gasteiger partial charge in [0.1, 0.15) is 5.65 Å². The van der Waals surface area contributed by atoms with Crippen LogP contribution in [0.5, 0.6) is 0 Å². The summed E-state index contributed by atoms with van der Waals surface area (Å²) in [6.07, 6.45) is 5.00. The van der Waals surface area contributed by atoms with Gasteiger partial charge in [-0.1, -0.05) is 23.7 Å². The van der Waals surface area contributed by atoms with Gasteiger partial charge in [0.25, 0.3) is 0 Å². The number of aromatic amines is 1. The molecule has 2 aromatic carbocycles. The average Bonchev–Trinajstić information content (AvgIpc) is 3.30. The number of nitrogens with zero attached hydrogens (tertiary/aromatic N) is 3. The summed E-state index contributed by atoms with van der Waals surface area (Å²) in [7, 11) is 0. The van der Waals surface area contributed by atoms with E-state index in [9.17, 15) is 4.79 Å². The lowest BCUT2D eigenvalue weighted by Gasteiger charge is -2.09. The Morgan fingerprint density at radius 1 is 1.18 bits per heavy atom. The number of hydrogen-bond donors (Lipinski definition) is 5. The molecule has 4 aromatic rings. The average molecular weight is 553 g/mol. The molecule has 2 aromatic heterocycles. The second kappa shape index (κ2) is 12.9. The maximum Gasteiger partial charge on any atom is 0.354 e. The smallest absolute Gasteiger partial charge is 0.354 e. The highest BCUT2D eigenvalue weighted by molar-refractivity contribution is 6.31. The van der Waals surface area contributed by atoms with Crippen LogP contribution in [0.15, 0.2) is 58.4 Å². The van der Waals surface area contributed by atoms with E-state index in [4.69, 9.17) is 28.8 Å². The van der Waals surface area contributed by atoms with E-state index >= 15 is 4.39 Å². The van der Waals surface area contributed by atoms with Gasteiger partial charge in [-0.15, -0.1) is 0 Å². The first-order chi connectivity index (χ1) is 18.7. The van der Waals surface area contributed by atoms with E-state index in [1.807, 2.05) is 31.2 Å². The maximum atomic E-state index is 15.0. The SMILES string of the molecule is CC(N)CCCc1cc(Cl)c(F)c(-c2cc3cn(-c4ccc(CNCCCN=C(N)N)cc4)c(=O)nc3[nH]2)c1. The highest BCUT2D eigenvalue weighted by Gasteiger charge is 2.15. The fourth-order valence-corrected chi connectivity index (χ4v) is 4.60. The zero-order valence-corrected chi connectivity index (χ0v) is 22.6. The molecule has 0 saturated carbocycles. The molecule has 0 bridgehead atoms. The van der Waals surface area contributed by atoms with E-state index in [1.165, 1.54) is 4.57 Å². The maximum absolute atomic E-state index is 15.0. The number of aliphatic imine (C=N–C) groups is 1. The van der Waals surface area contributed by atoms with Crippen LogP contribution >= 0.6 is 11.6 Å². The fraction of sp³-hybridized carbons (Fsp3) is 0.321. The Morgan fingerprint density at radius 2 is 1.95 bits per heavy atom. The molecule has 1 atom stereocenters. The molecule has 2 heterocycles. The molecule has 0 aliphatic heterocycles. The summed E-state index contributed by atoms with van der Waals surface area (Å²) in [5, 5.41) is 4.06. The van der Waals surface area contributed by atoms with E-state index in [-0.39, 0.29) is 17.0 Å². The predicted molar refractivity (Wildman–Crippen MR) is 156 cm³/mol. The third-order valence-electron chi connectivity index (χ3n) is 6.36. The van der Waals surface area contributed by atoms with Crippen LogP contribution in [0.4, 0.5) is 4.39 Å². The molecule has 0 aliphatic rings. The minimum absolute atomic E-state index is 0.0535. The number of guanidine groups is 1. The van der Waals surface area contributed by atoms with Crippen molar-refractivity contribution in [1.29, 1.82) is 0 Å². The van der Waals surface area contributed by atoms with Gasteiger partial charge in [-0.2, -0.15) is 4.98 Å². The molecule has 1 unspecified atom stereocenters. The lowest BCUT2D eigenvalue weighted by Crippen LogP contribution is -2.23. The summed E-state index contributed by atoms with van der Waals surface area (Å²) in [5.74, 6) is -0.422. The summed E-state index contributed by atoms with van der Waals surface area (Å²) in [6, 6.07) is 12.9. The van der Waals surface area contributed by atoms with Crippen molar-refractivity contribution in [3.63, 3.8) is 0 Å². The van der Waals surface area contributed by atoms with Gasteiger partial charge in [0.2, 0.25) is 0 Å². The number of fused-ring (bicyclic) bond motifs is 1. The molecular weight excluding hydrogens is 519 g/mol. The third kappa shape index (κ3) is 7.44. The molecule has 0 amide bonds. The van der Waals surface area contributed by atoms with E-state index in [0.29, 0.717) is 41.1 Å². The van der Waals surface area contributed by atoms with E-state index < -0.39 is 11.5 Å². The van der Waals surface area contributed by atoms with Gasteiger partial charge < -0.3 is 27.5 Å². The second-order valence-electron chi connectivity index (χ2n) is 9.69. The summed E-state index contributed by atoms with van der Waals surface area (Å²) in [4.78, 5) is 24.0. The molecule has 0 aliphatic carbocycles. The van der Waals surface area contributed by atoms with Crippen LogP contribution in [0.25, 0.3) is 28.0 Å². The zero-order chi connectivity index (χ0) is 27.9. The van der Waals surface area contributed by atoms with Crippen LogP contribution in [0.2, 0.25) is 5.02 Å². The zero-order valence-electron chi connectivity index (χ0n) is 21.9. The van der Waals surface area contributed by atoms with Gasteiger partial charge in [-0.3, -0.25) is 9.56 Å². The molecular formula is C28H34ClFN8O. The summed E-state index contributed by atoms with van der Waals surface area (Å²) >= 11 is 6.22.